The van der Waals surface area contributed by atoms with E-state index in [1.54, 1.807) is 17.4 Å². The number of rotatable bonds is 5. The highest BCUT2D eigenvalue weighted by molar-refractivity contribution is 7.13. The molecule has 3 aromatic rings. The molecule has 1 aliphatic carbocycles. The zero-order chi connectivity index (χ0) is 21.2. The van der Waals surface area contributed by atoms with E-state index in [4.69, 9.17) is 9.26 Å². The number of carbonyl (C=O) groups excluding carboxylic acids is 2. The van der Waals surface area contributed by atoms with Crippen LogP contribution in [0.2, 0.25) is 0 Å². The van der Waals surface area contributed by atoms with Crippen LogP contribution >= 0.6 is 11.3 Å². The normalized spacial score (nSPS) is 20.5. The Morgan fingerprint density at radius 2 is 1.97 bits per heavy atom. The lowest BCUT2D eigenvalue weighted by Crippen LogP contribution is -2.42. The fourth-order valence-corrected chi connectivity index (χ4v) is 5.32. The van der Waals surface area contributed by atoms with Gasteiger partial charge in [0.25, 0.3) is 0 Å². The minimum Gasteiger partial charge on any atom is -0.459 e. The lowest BCUT2D eigenvalue weighted by molar-refractivity contribution is -0.155. The molecule has 0 N–H and O–H groups in total. The molecule has 6 nitrogen and oxygen atoms in total. The fourth-order valence-electron chi connectivity index (χ4n) is 4.64. The van der Waals surface area contributed by atoms with Crippen molar-refractivity contribution < 1.29 is 18.8 Å². The number of hydrogen-bond acceptors (Lipinski definition) is 6. The lowest BCUT2D eigenvalue weighted by Gasteiger charge is -2.32. The summed E-state index contributed by atoms with van der Waals surface area (Å²) in [5.74, 6) is -0.331. The number of anilines is 1. The highest BCUT2D eigenvalue weighted by Crippen LogP contribution is 2.36. The molecule has 31 heavy (non-hydrogen) atoms. The second-order valence-corrected chi connectivity index (χ2v) is 9.08. The monoisotopic (exact) mass is 436 g/mol. The fraction of sp³-hybridized carbons (Fsp3) is 0.375. The lowest BCUT2D eigenvalue weighted by atomic mass is 9.78. The van der Waals surface area contributed by atoms with E-state index < -0.39 is 5.92 Å². The van der Waals surface area contributed by atoms with Gasteiger partial charge >= 0.3 is 5.97 Å². The van der Waals surface area contributed by atoms with Gasteiger partial charge in [0.15, 0.2) is 5.76 Å². The van der Waals surface area contributed by atoms with Crippen LogP contribution in [0.5, 0.6) is 0 Å². The smallest absolute Gasteiger partial charge is 0.310 e. The van der Waals surface area contributed by atoms with Crippen molar-refractivity contribution in [2.24, 2.45) is 11.8 Å². The Bertz CT molecular complexity index is 1070. The van der Waals surface area contributed by atoms with E-state index in [0.29, 0.717) is 24.4 Å². The zero-order valence-corrected chi connectivity index (χ0v) is 18.0. The van der Waals surface area contributed by atoms with Crippen LogP contribution in [0.1, 0.15) is 36.9 Å². The van der Waals surface area contributed by atoms with Gasteiger partial charge in [0.05, 0.1) is 16.7 Å². The molecule has 3 heterocycles. The molecule has 1 fully saturated rings. The summed E-state index contributed by atoms with van der Waals surface area (Å²) in [5.41, 5.74) is 2.75. The summed E-state index contributed by atoms with van der Waals surface area (Å²) in [6.45, 7) is 0.735. The van der Waals surface area contributed by atoms with Crippen LogP contribution in [-0.4, -0.2) is 23.6 Å². The number of aromatic nitrogens is 1. The molecule has 7 heteroatoms. The average Bonchev–Trinajstić information content (AvgIpc) is 3.57. The molecule has 2 atom stereocenters. The van der Waals surface area contributed by atoms with E-state index in [-0.39, 0.29) is 24.4 Å². The van der Waals surface area contributed by atoms with Crippen molar-refractivity contribution >= 4 is 28.9 Å². The first kappa shape index (κ1) is 20.0. The zero-order valence-electron chi connectivity index (χ0n) is 17.2. The Labute approximate surface area is 184 Å². The molecule has 0 saturated heterocycles. The van der Waals surface area contributed by atoms with Crippen molar-refractivity contribution in [3.8, 4) is 10.6 Å². The maximum absolute atomic E-state index is 13.4. The molecule has 1 amide bonds. The third-order valence-electron chi connectivity index (χ3n) is 6.22. The van der Waals surface area contributed by atoms with Crippen LogP contribution in [0.4, 0.5) is 5.69 Å². The van der Waals surface area contributed by atoms with Gasteiger partial charge in [-0.2, -0.15) is 0 Å². The highest BCUT2D eigenvalue weighted by Gasteiger charge is 2.40. The minimum atomic E-state index is -0.405. The first-order chi connectivity index (χ1) is 15.2. The maximum Gasteiger partial charge on any atom is 0.310 e. The number of ether oxygens (including phenoxy) is 1. The first-order valence-corrected chi connectivity index (χ1v) is 11.6. The van der Waals surface area contributed by atoms with Gasteiger partial charge < -0.3 is 14.2 Å². The Kier molecular flexibility index (Phi) is 5.59. The third kappa shape index (κ3) is 4.02. The second-order valence-electron chi connectivity index (χ2n) is 8.13. The quantitative estimate of drug-likeness (QED) is 0.535. The van der Waals surface area contributed by atoms with E-state index in [9.17, 15) is 9.59 Å². The molecule has 0 spiro atoms. The van der Waals surface area contributed by atoms with Crippen molar-refractivity contribution in [1.82, 2.24) is 5.16 Å². The Morgan fingerprint density at radius 3 is 2.81 bits per heavy atom. The first-order valence-electron chi connectivity index (χ1n) is 10.8. The molecule has 1 aliphatic heterocycles. The molecule has 2 aromatic heterocycles. The number of amides is 1. The van der Waals surface area contributed by atoms with Crippen molar-refractivity contribution in [2.45, 2.75) is 38.7 Å². The SMILES string of the molecule is O=C(OCc1cc(-c2cccs2)on1)C1CCCCC1C(=O)N1CCc2ccccc21. The molecule has 0 radical (unpaired) electrons. The van der Waals surface area contributed by atoms with Crippen LogP contribution < -0.4 is 4.90 Å². The topological polar surface area (TPSA) is 72.6 Å². The molecular formula is C24H24N2O4S. The summed E-state index contributed by atoms with van der Waals surface area (Å²) in [6, 6.07) is 13.7. The molecule has 0 bridgehead atoms. The van der Waals surface area contributed by atoms with E-state index in [0.717, 1.165) is 36.2 Å². The van der Waals surface area contributed by atoms with Crippen molar-refractivity contribution in [2.75, 3.05) is 11.4 Å². The van der Waals surface area contributed by atoms with E-state index in [1.165, 1.54) is 5.56 Å². The number of hydrogen-bond donors (Lipinski definition) is 0. The van der Waals surface area contributed by atoms with Crippen molar-refractivity contribution in [3.05, 3.63) is 59.1 Å². The number of benzene rings is 1. The molecule has 1 aromatic carbocycles. The Hall–Kier alpha value is -2.93. The number of fused-ring (bicyclic) bond motifs is 1. The van der Waals surface area contributed by atoms with Gasteiger partial charge in [0, 0.05) is 18.3 Å². The average molecular weight is 437 g/mol. The van der Waals surface area contributed by atoms with Crippen molar-refractivity contribution in [1.29, 1.82) is 0 Å². The molecule has 5 rings (SSSR count). The van der Waals surface area contributed by atoms with E-state index in [2.05, 4.69) is 11.2 Å². The predicted octanol–water partition coefficient (Wildman–Crippen LogP) is 4.84. The van der Waals surface area contributed by atoms with Gasteiger partial charge in [0.2, 0.25) is 5.91 Å². The van der Waals surface area contributed by atoms with Gasteiger partial charge in [-0.1, -0.05) is 42.3 Å². The Morgan fingerprint density at radius 1 is 1.13 bits per heavy atom. The van der Waals surface area contributed by atoms with E-state index in [1.807, 2.05) is 40.6 Å². The standard InChI is InChI=1S/C24H24N2O4S/c27-23(26-12-11-16-6-1-4-9-20(16)26)18-7-2-3-8-19(18)24(28)29-15-17-14-21(30-25-17)22-10-5-13-31-22/h1,4-6,9-10,13-14,18-19H,2-3,7-8,11-12,15H2. The molecule has 2 aliphatic rings. The van der Waals surface area contributed by atoms with Gasteiger partial charge in [-0.15, -0.1) is 11.3 Å². The summed E-state index contributed by atoms with van der Waals surface area (Å²) in [4.78, 5) is 29.1. The van der Waals surface area contributed by atoms with Crippen LogP contribution in [0.3, 0.4) is 0 Å². The second kappa shape index (κ2) is 8.67. The number of nitrogens with zero attached hydrogens (tertiary/aromatic N) is 2. The summed E-state index contributed by atoms with van der Waals surface area (Å²) in [7, 11) is 0. The summed E-state index contributed by atoms with van der Waals surface area (Å²) in [5, 5.41) is 5.98. The maximum atomic E-state index is 13.4. The van der Waals surface area contributed by atoms with Gasteiger partial charge in [-0.25, -0.2) is 0 Å². The molecular weight excluding hydrogens is 412 g/mol. The number of esters is 1. The summed E-state index contributed by atoms with van der Waals surface area (Å²) < 4.78 is 10.9. The van der Waals surface area contributed by atoms with Gasteiger partial charge in [-0.05, 0) is 42.3 Å². The van der Waals surface area contributed by atoms with Crippen molar-refractivity contribution in [3.63, 3.8) is 0 Å². The third-order valence-corrected chi connectivity index (χ3v) is 7.11. The predicted molar refractivity (Wildman–Crippen MR) is 118 cm³/mol. The van der Waals surface area contributed by atoms with Crippen LogP contribution in [0, 0.1) is 11.8 Å². The van der Waals surface area contributed by atoms with Crippen LogP contribution in [-0.2, 0) is 27.4 Å². The van der Waals surface area contributed by atoms with E-state index >= 15 is 0 Å². The molecule has 1 saturated carbocycles. The largest absolute Gasteiger partial charge is 0.459 e. The molecule has 2 unspecified atom stereocenters. The number of thiophene rings is 1. The van der Waals surface area contributed by atoms with Crippen LogP contribution in [0.25, 0.3) is 10.6 Å². The minimum absolute atomic E-state index is 0.0491. The van der Waals surface area contributed by atoms with Crippen LogP contribution in [0.15, 0.2) is 52.4 Å². The summed E-state index contributed by atoms with van der Waals surface area (Å²) >= 11 is 1.56. The highest BCUT2D eigenvalue weighted by atomic mass is 32.1. The van der Waals surface area contributed by atoms with Gasteiger partial charge in [0.1, 0.15) is 12.3 Å². The summed E-state index contributed by atoms with van der Waals surface area (Å²) in [6.07, 6.45) is 4.17. The number of carbonyl (C=O) groups is 2. The molecule has 160 valence electrons. The van der Waals surface area contributed by atoms with Gasteiger partial charge in [-0.3, -0.25) is 9.59 Å². The Balaban J connectivity index is 1.25. The number of para-hydroxylation sites is 1.